The third-order valence-corrected chi connectivity index (χ3v) is 6.32. The highest BCUT2D eigenvalue weighted by atomic mass is 79.9. The van der Waals surface area contributed by atoms with Gasteiger partial charge in [0.25, 0.3) is 0 Å². The van der Waals surface area contributed by atoms with Gasteiger partial charge in [-0.3, -0.25) is 0 Å². The van der Waals surface area contributed by atoms with E-state index in [1.807, 2.05) is 65.7 Å². The highest BCUT2D eigenvalue weighted by Crippen LogP contribution is 2.49. The molecule has 2 heterocycles. The first-order valence-corrected chi connectivity index (χ1v) is 11.2. The minimum atomic E-state index is -0.389. The van der Waals surface area contributed by atoms with Crippen LogP contribution in [-0.4, -0.2) is 17.3 Å². The summed E-state index contributed by atoms with van der Waals surface area (Å²) < 4.78 is 13.0. The third kappa shape index (κ3) is 3.84. The van der Waals surface area contributed by atoms with Gasteiger partial charge in [-0.15, -0.1) is 0 Å². The fraction of sp³-hybridized carbons (Fsp3) is 0.160. The third-order valence-electron chi connectivity index (χ3n) is 5.48. The Bertz CT molecular complexity index is 1160. The van der Waals surface area contributed by atoms with E-state index in [9.17, 15) is 0 Å². The minimum absolute atomic E-state index is 0.0641. The van der Waals surface area contributed by atoms with Crippen molar-refractivity contribution in [3.05, 3.63) is 106 Å². The summed E-state index contributed by atoms with van der Waals surface area (Å²) in [5.74, 6) is 1.67. The summed E-state index contributed by atoms with van der Waals surface area (Å²) in [5, 5.41) is 7.69. The second-order valence-electron chi connectivity index (χ2n) is 7.44. The molecule has 0 saturated carbocycles. The molecule has 3 aromatic rings. The Balaban J connectivity index is 1.53. The van der Waals surface area contributed by atoms with Gasteiger partial charge in [0.15, 0.2) is 0 Å². The van der Waals surface area contributed by atoms with Crippen LogP contribution in [0, 0.1) is 0 Å². The molecule has 2 aliphatic rings. The second kappa shape index (κ2) is 8.40. The lowest BCUT2D eigenvalue weighted by Gasteiger charge is -2.38. The maximum absolute atomic E-state index is 6.53. The fourth-order valence-corrected chi connectivity index (χ4v) is 4.62. The zero-order valence-electron chi connectivity index (χ0n) is 16.7. The molecule has 0 fully saturated rings. The first kappa shape index (κ1) is 20.2. The van der Waals surface area contributed by atoms with E-state index in [4.69, 9.17) is 26.2 Å². The lowest BCUT2D eigenvalue weighted by atomic mass is 9.96. The molecule has 0 unspecified atom stereocenters. The number of hydrogen-bond donors (Lipinski definition) is 0. The van der Waals surface area contributed by atoms with Crippen LogP contribution < -0.4 is 9.47 Å². The summed E-state index contributed by atoms with van der Waals surface area (Å²) in [5.41, 5.74) is 4.09. The Hall–Kier alpha value is -2.76. The highest BCUT2D eigenvalue weighted by Gasteiger charge is 2.41. The Morgan fingerprint density at radius 1 is 1.13 bits per heavy atom. The summed E-state index contributed by atoms with van der Waals surface area (Å²) in [4.78, 5) is 0. The molecule has 0 spiro atoms. The Morgan fingerprint density at radius 3 is 2.71 bits per heavy atom. The van der Waals surface area contributed by atoms with Gasteiger partial charge in [-0.2, -0.15) is 5.10 Å². The van der Waals surface area contributed by atoms with Gasteiger partial charge in [0, 0.05) is 27.0 Å². The number of fused-ring (bicyclic) bond motifs is 3. The van der Waals surface area contributed by atoms with Crippen LogP contribution in [-0.2, 0) is 0 Å². The van der Waals surface area contributed by atoms with Gasteiger partial charge >= 0.3 is 0 Å². The van der Waals surface area contributed by atoms with Crippen molar-refractivity contribution < 1.29 is 9.47 Å². The topological polar surface area (TPSA) is 34.1 Å². The number of ether oxygens (including phenoxy) is 2. The molecule has 3 aromatic carbocycles. The van der Waals surface area contributed by atoms with E-state index in [1.54, 1.807) is 6.08 Å². The summed E-state index contributed by atoms with van der Waals surface area (Å²) in [6.07, 6.45) is 2.12. The molecule has 6 heteroatoms. The van der Waals surface area contributed by atoms with E-state index >= 15 is 0 Å². The molecular formula is C25H20BrClN2O2. The lowest BCUT2D eigenvalue weighted by Crippen LogP contribution is -2.33. The van der Waals surface area contributed by atoms with Crippen molar-refractivity contribution in [1.82, 2.24) is 5.01 Å². The zero-order chi connectivity index (χ0) is 21.4. The zero-order valence-corrected chi connectivity index (χ0v) is 19.0. The van der Waals surface area contributed by atoms with Gasteiger partial charge in [0.05, 0.1) is 11.8 Å². The van der Waals surface area contributed by atoms with Crippen LogP contribution >= 0.6 is 27.5 Å². The lowest BCUT2D eigenvalue weighted by molar-refractivity contribution is -0.0190. The Kier molecular flexibility index (Phi) is 5.47. The quantitative estimate of drug-likeness (QED) is 0.361. The van der Waals surface area contributed by atoms with Crippen molar-refractivity contribution in [3.63, 3.8) is 0 Å². The van der Waals surface area contributed by atoms with Crippen molar-refractivity contribution in [2.24, 2.45) is 5.10 Å². The van der Waals surface area contributed by atoms with Crippen molar-refractivity contribution in [1.29, 1.82) is 0 Å². The van der Waals surface area contributed by atoms with Crippen molar-refractivity contribution in [2.45, 2.75) is 18.7 Å². The Morgan fingerprint density at radius 2 is 1.94 bits per heavy atom. The van der Waals surface area contributed by atoms with E-state index in [1.165, 1.54) is 0 Å². The first-order valence-electron chi connectivity index (χ1n) is 10.0. The highest BCUT2D eigenvalue weighted by molar-refractivity contribution is 9.10. The average Bonchev–Trinajstić information content (AvgIpc) is 3.24. The van der Waals surface area contributed by atoms with Gasteiger partial charge in [0.1, 0.15) is 18.1 Å². The maximum atomic E-state index is 6.53. The first-order chi connectivity index (χ1) is 15.1. The predicted molar refractivity (Wildman–Crippen MR) is 127 cm³/mol. The van der Waals surface area contributed by atoms with Crippen LogP contribution in [0.25, 0.3) is 0 Å². The molecule has 0 saturated heterocycles. The van der Waals surface area contributed by atoms with Crippen LogP contribution in [0.15, 0.2) is 89.0 Å². The minimum Gasteiger partial charge on any atom is -0.490 e. The standard InChI is InChI=1S/C25H20BrClN2O2/c1-2-13-30-18-10-7-16(8-11-18)22-15-23-20-14-17(26)9-12-24(20)31-25(29(23)28-22)19-5-3-4-6-21(19)27/h2-12,14,23,25H,1,13,15H2/t23-,25+/m1/s1. The monoisotopic (exact) mass is 494 g/mol. The van der Waals surface area contributed by atoms with E-state index in [-0.39, 0.29) is 12.3 Å². The van der Waals surface area contributed by atoms with Gasteiger partial charge in [-0.25, -0.2) is 5.01 Å². The summed E-state index contributed by atoms with van der Waals surface area (Å²) in [7, 11) is 0. The number of nitrogens with zero attached hydrogens (tertiary/aromatic N) is 2. The van der Waals surface area contributed by atoms with Crippen LogP contribution in [0.3, 0.4) is 0 Å². The molecule has 0 aliphatic carbocycles. The van der Waals surface area contributed by atoms with Crippen LogP contribution in [0.2, 0.25) is 5.02 Å². The molecule has 156 valence electrons. The molecule has 5 rings (SSSR count). The van der Waals surface area contributed by atoms with Crippen molar-refractivity contribution >= 4 is 33.2 Å². The summed E-state index contributed by atoms with van der Waals surface area (Å²) in [6, 6.07) is 22.0. The molecule has 2 aliphatic heterocycles. The molecule has 0 bridgehead atoms. The van der Waals surface area contributed by atoms with Gasteiger partial charge in [0.2, 0.25) is 6.23 Å². The molecule has 0 N–H and O–H groups in total. The summed E-state index contributed by atoms with van der Waals surface area (Å²) in [6.45, 7) is 4.17. The van der Waals surface area contributed by atoms with Crippen LogP contribution in [0.4, 0.5) is 0 Å². The fourth-order valence-electron chi connectivity index (χ4n) is 4.01. The Labute approximate surface area is 194 Å². The molecule has 31 heavy (non-hydrogen) atoms. The number of rotatable bonds is 5. The van der Waals surface area contributed by atoms with Crippen LogP contribution in [0.5, 0.6) is 11.5 Å². The number of hydrazone groups is 1. The van der Waals surface area contributed by atoms with Crippen molar-refractivity contribution in [3.8, 4) is 11.5 Å². The second-order valence-corrected chi connectivity index (χ2v) is 8.77. The normalized spacial score (nSPS) is 19.2. The average molecular weight is 496 g/mol. The van der Waals surface area contributed by atoms with Crippen LogP contribution in [0.1, 0.15) is 35.4 Å². The molecule has 4 nitrogen and oxygen atoms in total. The predicted octanol–water partition coefficient (Wildman–Crippen LogP) is 6.91. The summed E-state index contributed by atoms with van der Waals surface area (Å²) >= 11 is 10.1. The molecule has 0 aromatic heterocycles. The number of benzene rings is 3. The van der Waals surface area contributed by atoms with Crippen molar-refractivity contribution in [2.75, 3.05) is 6.61 Å². The largest absolute Gasteiger partial charge is 0.490 e. The molecular weight excluding hydrogens is 476 g/mol. The number of halogens is 2. The van der Waals surface area contributed by atoms with Gasteiger partial charge < -0.3 is 9.47 Å². The van der Waals surface area contributed by atoms with E-state index in [0.29, 0.717) is 11.6 Å². The van der Waals surface area contributed by atoms with E-state index in [2.05, 4.69) is 28.6 Å². The molecule has 2 atom stereocenters. The van der Waals surface area contributed by atoms with Gasteiger partial charge in [-0.05, 0) is 54.1 Å². The van der Waals surface area contributed by atoms with E-state index in [0.717, 1.165) is 44.8 Å². The SMILES string of the molecule is C=CCOc1ccc(C2=NN3[C@H](C2)c2cc(Br)ccc2O[C@H]3c2ccccc2Cl)cc1. The maximum Gasteiger partial charge on any atom is 0.215 e. The molecule has 0 radical (unpaired) electrons. The smallest absolute Gasteiger partial charge is 0.215 e. The van der Waals surface area contributed by atoms with E-state index < -0.39 is 0 Å². The van der Waals surface area contributed by atoms with Gasteiger partial charge in [-0.1, -0.05) is 58.4 Å². The molecule has 0 amide bonds. The number of hydrogen-bond acceptors (Lipinski definition) is 4.